The number of benzene rings is 4. The van der Waals surface area contributed by atoms with Crippen LogP contribution < -0.4 is 40.9 Å². The van der Waals surface area contributed by atoms with E-state index in [1.807, 2.05) is 4.90 Å². The van der Waals surface area contributed by atoms with Crippen LogP contribution in [0.5, 0.6) is 23.0 Å². The number of alkyl halides is 9. The van der Waals surface area contributed by atoms with Crippen LogP contribution in [0, 0.1) is 6.92 Å². The number of hydrogen-bond acceptors (Lipinski definition) is 31. The summed E-state index contributed by atoms with van der Waals surface area (Å²) in [5, 5.41) is 43.5. The number of hydrogen-bond donors (Lipinski definition) is 8. The number of rotatable bonds is 37. The predicted octanol–water partition coefficient (Wildman–Crippen LogP) is 8.13. The lowest BCUT2D eigenvalue weighted by Gasteiger charge is -2.39. The molecule has 8 heterocycles. The van der Waals surface area contributed by atoms with Gasteiger partial charge in [0.25, 0.3) is 35.4 Å². The molecule has 141 heavy (non-hydrogen) atoms. The van der Waals surface area contributed by atoms with E-state index in [4.69, 9.17) is 53.5 Å². The minimum atomic E-state index is -5.04. The molecule has 0 bridgehead atoms. The van der Waals surface area contributed by atoms with E-state index in [9.17, 15) is 117 Å². The molecule has 0 aliphatic carbocycles. The number of piperidine rings is 1. The lowest BCUT2D eigenvalue weighted by molar-refractivity contribution is -0.145. The topological polar surface area (TPSA) is 528 Å². The molecule has 10 amide bonds. The van der Waals surface area contributed by atoms with Gasteiger partial charge in [-0.25, -0.2) is 65.2 Å². The molecule has 6 aliphatic heterocycles. The summed E-state index contributed by atoms with van der Waals surface area (Å²) in [5.74, 6) is -3.33. The summed E-state index contributed by atoms with van der Waals surface area (Å²) in [6.45, 7) is 14.2. The number of ether oxygens (including phenoxy) is 8. The SMILES string of the molecule is C=CCN1C(=O)N(CCCOc2ccc(S(=O)(=O)C3(C(=O)NO)CCOCC3)cc2)C(=O)C1(C)C.CN1C(=O)N(CCCOc2ccc(S(=O)(=O)C3(C(=O)NO)CCOCC3)cc2)C(=O)C1(C)C.COCCN1CCC(C(=O)NO)(S(=O)(=O)c2ccc(OCCCn3nc(C(F)(F)F)cc3C(F)(F)F)cc2)CC1.Cc1cc(C(F)(F)F)n(CCCOc2ccc(S(=O)(=O)C3(C(=O)NO)CCOCC3)cc2)n1. The summed E-state index contributed by atoms with van der Waals surface area (Å²) in [4.78, 5) is 106. The molecular formula is C87H112F9N13O28S4. The molecule has 6 saturated heterocycles. The zero-order valence-corrected chi connectivity index (χ0v) is 81.0. The van der Waals surface area contributed by atoms with Crippen molar-refractivity contribution in [3.05, 3.63) is 145 Å². The smallest absolute Gasteiger partial charge is 0.435 e. The Hall–Kier alpha value is -11.2. The number of aryl methyl sites for hydroxylation is 3. The fourth-order valence-electron chi connectivity index (χ4n) is 16.4. The highest BCUT2D eigenvalue weighted by Crippen LogP contribution is 2.43. The third kappa shape index (κ3) is 25.0. The number of nitrogens with zero attached hydrogens (tertiary/aromatic N) is 9. The molecule has 0 saturated carbocycles. The Labute approximate surface area is 805 Å². The minimum absolute atomic E-state index is 0.00396. The van der Waals surface area contributed by atoms with Crippen LogP contribution in [0.1, 0.15) is 128 Å². The number of carbonyl (C=O) groups excluding carboxylic acids is 8. The van der Waals surface area contributed by atoms with Crippen molar-refractivity contribution in [2.45, 2.75) is 193 Å². The average Bonchev–Trinajstić information content (AvgIpc) is 1.71. The van der Waals surface area contributed by atoms with Crippen molar-refractivity contribution in [2.75, 3.05) is 126 Å². The van der Waals surface area contributed by atoms with Gasteiger partial charge in [0.2, 0.25) is 0 Å². The van der Waals surface area contributed by atoms with E-state index in [1.54, 1.807) is 40.8 Å². The van der Waals surface area contributed by atoms with Crippen molar-refractivity contribution in [1.29, 1.82) is 0 Å². The number of halogens is 9. The van der Waals surface area contributed by atoms with Gasteiger partial charge in [-0.2, -0.15) is 49.7 Å². The summed E-state index contributed by atoms with van der Waals surface area (Å²) >= 11 is 0. The fraction of sp³-hybridized carbons (Fsp3) is 0.540. The van der Waals surface area contributed by atoms with Crippen LogP contribution in [0.4, 0.5) is 49.1 Å². The molecule has 12 rings (SSSR count). The van der Waals surface area contributed by atoms with Gasteiger partial charge in [-0.1, -0.05) is 6.08 Å². The van der Waals surface area contributed by atoms with Crippen molar-refractivity contribution < 1.29 is 170 Å². The third-order valence-electron chi connectivity index (χ3n) is 24.9. The largest absolute Gasteiger partial charge is 0.494 e. The van der Waals surface area contributed by atoms with Gasteiger partial charge in [0.15, 0.2) is 64.0 Å². The molecule has 0 atom stereocenters. The van der Waals surface area contributed by atoms with Crippen LogP contribution in [-0.2, 0) is 119 Å². The normalized spacial score (nSPS) is 18.1. The average molecular weight is 2090 g/mol. The highest BCUT2D eigenvalue weighted by atomic mass is 32.2. The monoisotopic (exact) mass is 2090 g/mol. The number of sulfone groups is 4. The molecule has 2 aromatic heterocycles. The first-order valence-electron chi connectivity index (χ1n) is 44.0. The zero-order chi connectivity index (χ0) is 104. The van der Waals surface area contributed by atoms with Crippen LogP contribution in [0.25, 0.3) is 0 Å². The Balaban J connectivity index is 0.000000211. The molecule has 6 fully saturated rings. The minimum Gasteiger partial charge on any atom is -0.494 e. The Kier molecular flexibility index (Phi) is 37.7. The quantitative estimate of drug-likeness (QED) is 0.00455. The van der Waals surface area contributed by atoms with Crippen molar-refractivity contribution in [2.24, 2.45) is 0 Å². The van der Waals surface area contributed by atoms with E-state index in [-0.39, 0.29) is 235 Å². The molecule has 780 valence electrons. The first-order chi connectivity index (χ1) is 66.2. The van der Waals surface area contributed by atoms with Gasteiger partial charge >= 0.3 is 30.6 Å². The van der Waals surface area contributed by atoms with Crippen LogP contribution in [0.2, 0.25) is 0 Å². The molecule has 54 heteroatoms. The highest BCUT2D eigenvalue weighted by molar-refractivity contribution is 7.94. The van der Waals surface area contributed by atoms with E-state index in [0.717, 1.165) is 10.7 Å². The van der Waals surface area contributed by atoms with Crippen LogP contribution in [0.15, 0.2) is 141 Å². The number of methoxy groups -OCH3 is 1. The van der Waals surface area contributed by atoms with E-state index < -0.39 is 135 Å². The molecule has 0 radical (unpaired) electrons. The Morgan fingerprint density at radius 3 is 1.02 bits per heavy atom. The summed E-state index contributed by atoms with van der Waals surface area (Å²) in [6, 6.07) is 21.8. The van der Waals surface area contributed by atoms with Crippen molar-refractivity contribution in [1.82, 2.24) is 66.0 Å². The van der Waals surface area contributed by atoms with E-state index in [2.05, 4.69) is 16.8 Å². The van der Waals surface area contributed by atoms with Crippen molar-refractivity contribution in [3.8, 4) is 23.0 Å². The number of carbonyl (C=O) groups is 8. The maximum atomic E-state index is 13.5. The van der Waals surface area contributed by atoms with E-state index in [0.29, 0.717) is 43.2 Å². The third-order valence-corrected chi connectivity index (χ3v) is 34.9. The van der Waals surface area contributed by atoms with Gasteiger partial charge in [-0.15, -0.1) is 6.58 Å². The molecule has 8 N–H and O–H groups in total. The highest BCUT2D eigenvalue weighted by Gasteiger charge is 2.58. The summed E-state index contributed by atoms with van der Waals surface area (Å²) in [5.41, 5.74) is 0.284. The standard InChI is InChI=1S/C23H28F6N4O6S.C23H31N3O8S.C21H29N3O8S.C20H24F3N3O6S/c1-38-14-12-32-10-7-21(8-11-32,20(34)31-35)40(36,37)17-5-3-16(4-6-17)39-13-2-9-33-19(23(27,28)29)15-18(30-33)22(24,25)26;1-4-12-26-21(29)25(20(28)22(26,2)3)13-5-14-34-17-6-8-18(9-7-17)35(31,32)23(19(27)24-30)10-15-33-16-11-23;1-20(2)18(26)24(19(27)23(20)3)11-4-12-32-15-5-7-16(8-6-15)33(29,30)21(17(25)22-28)9-13-31-14-10-21;1-14-13-17(20(21,22)23)26(24-14)9-2-10-32-15-3-5-16(6-4-15)33(29,30)19(18(27)25-28)7-11-31-12-8-19/h3-6,15,35H,2,7-14H2,1H3,(H,31,34);4,6-9,30H,1,5,10-16H2,2-3H3,(H,24,27);5-8,28H,4,9-14H2,1-3H3,(H,22,25);3-6,13,28H,2,7-12H2,1H3,(H,25,27). The van der Waals surface area contributed by atoms with E-state index >= 15 is 0 Å². The number of likely N-dealkylation sites (N-methyl/N-ethyl adjacent to an activating group) is 1. The number of amides is 10. The number of urea groups is 2. The molecule has 4 aromatic carbocycles. The van der Waals surface area contributed by atoms with E-state index in [1.165, 1.54) is 153 Å². The van der Waals surface area contributed by atoms with Gasteiger partial charge < -0.3 is 52.6 Å². The lowest BCUT2D eigenvalue weighted by atomic mass is 9.95. The van der Waals surface area contributed by atoms with Gasteiger partial charge in [0.05, 0.1) is 58.3 Å². The maximum Gasteiger partial charge on any atom is 0.435 e. The second-order valence-electron chi connectivity index (χ2n) is 34.2. The second-order valence-corrected chi connectivity index (χ2v) is 43.2. The summed E-state index contributed by atoms with van der Waals surface area (Å²) in [7, 11) is -13.6. The maximum absolute atomic E-state index is 13.5. The first kappa shape index (κ1) is 113. The zero-order valence-electron chi connectivity index (χ0n) is 77.7. The second kappa shape index (κ2) is 46.9. The molecule has 6 aliphatic rings. The number of likely N-dealkylation sites (tertiary alicyclic amines) is 1. The first-order valence-corrected chi connectivity index (χ1v) is 49.9. The Morgan fingerprint density at radius 1 is 0.433 bits per heavy atom. The van der Waals surface area contributed by atoms with Gasteiger partial charge in [-0.3, -0.25) is 68.8 Å². The van der Waals surface area contributed by atoms with Gasteiger partial charge in [0, 0.05) is 125 Å². The molecule has 41 nitrogen and oxygen atoms in total. The number of aromatic nitrogens is 4. The molecule has 6 aromatic rings. The molecular weight excluding hydrogens is 1970 g/mol. The molecule has 0 spiro atoms. The van der Waals surface area contributed by atoms with Gasteiger partial charge in [0.1, 0.15) is 45.5 Å². The van der Waals surface area contributed by atoms with Crippen molar-refractivity contribution in [3.63, 3.8) is 0 Å². The summed E-state index contributed by atoms with van der Waals surface area (Å²) < 4.78 is 260. The summed E-state index contributed by atoms with van der Waals surface area (Å²) in [6.07, 6.45) is -12.8. The number of nitrogens with one attached hydrogen (secondary N) is 4. The Bertz CT molecular complexity index is 5850. The number of imide groups is 2. The predicted molar refractivity (Wildman–Crippen MR) is 475 cm³/mol. The fourth-order valence-corrected chi connectivity index (χ4v) is 24.1. The van der Waals surface area contributed by atoms with Crippen LogP contribution in [0.3, 0.4) is 0 Å². The van der Waals surface area contributed by atoms with Crippen LogP contribution in [-0.4, -0.2) is 302 Å². The van der Waals surface area contributed by atoms with Crippen LogP contribution >= 0.6 is 0 Å². The Morgan fingerprint density at radius 2 is 0.730 bits per heavy atom. The lowest BCUT2D eigenvalue weighted by Crippen LogP contribution is -2.57. The van der Waals surface area contributed by atoms with Gasteiger partial charge in [-0.05, 0) is 202 Å². The van der Waals surface area contributed by atoms with Crippen molar-refractivity contribution >= 4 is 86.9 Å². The number of hydroxylamine groups is 4. The molecule has 0 unspecified atom stereocenters.